The Kier molecular flexibility index (Phi) is 7.90. The number of hydrogen-bond acceptors (Lipinski definition) is 6. The van der Waals surface area contributed by atoms with Crippen LogP contribution in [0.1, 0.15) is 44.6 Å². The number of carbonyl (C=O) groups is 2. The molecule has 2 aromatic rings. The van der Waals surface area contributed by atoms with Gasteiger partial charge in [-0.3, -0.25) is 9.59 Å². The number of aryl methyl sites for hydroxylation is 1. The minimum Gasteiger partial charge on any atom is -0.494 e. The summed E-state index contributed by atoms with van der Waals surface area (Å²) in [4.78, 5) is 29.2. The van der Waals surface area contributed by atoms with E-state index in [0.717, 1.165) is 37.9 Å². The summed E-state index contributed by atoms with van der Waals surface area (Å²) < 4.78 is 40.7. The van der Waals surface area contributed by atoms with Crippen LogP contribution in [0, 0.1) is 0 Å². The van der Waals surface area contributed by atoms with Crippen LogP contribution >= 0.6 is 0 Å². The SMILES string of the molecule is CC(=O)N1CCOc2ccc(S(=O)(=O)N3CCCOc4cccc(c4)CCC4CCCCN4C(=O)C3)cc21. The van der Waals surface area contributed by atoms with Gasteiger partial charge in [0.05, 0.1) is 30.3 Å². The van der Waals surface area contributed by atoms with Gasteiger partial charge in [-0.2, -0.15) is 4.31 Å². The molecule has 3 aliphatic heterocycles. The number of fused-ring (bicyclic) bond motifs is 4. The number of amides is 2. The van der Waals surface area contributed by atoms with Gasteiger partial charge in [-0.25, -0.2) is 8.42 Å². The number of carbonyl (C=O) groups excluding carboxylic acids is 2. The molecule has 0 spiro atoms. The summed E-state index contributed by atoms with van der Waals surface area (Å²) in [7, 11) is -4.04. The zero-order valence-electron chi connectivity index (χ0n) is 21.8. The van der Waals surface area contributed by atoms with Crippen molar-refractivity contribution >= 4 is 27.5 Å². The van der Waals surface area contributed by atoms with Gasteiger partial charge in [0, 0.05) is 26.1 Å². The highest BCUT2D eigenvalue weighted by atomic mass is 32.2. The van der Waals surface area contributed by atoms with Crippen molar-refractivity contribution in [3.8, 4) is 11.5 Å². The van der Waals surface area contributed by atoms with Crippen LogP contribution < -0.4 is 14.4 Å². The second-order valence-electron chi connectivity index (χ2n) is 10.1. The zero-order valence-corrected chi connectivity index (χ0v) is 22.6. The molecule has 0 N–H and O–H groups in total. The minimum absolute atomic E-state index is 0.0331. The Morgan fingerprint density at radius 1 is 0.947 bits per heavy atom. The van der Waals surface area contributed by atoms with Crippen molar-refractivity contribution < 1.29 is 27.5 Å². The van der Waals surface area contributed by atoms with E-state index in [9.17, 15) is 18.0 Å². The highest BCUT2D eigenvalue weighted by molar-refractivity contribution is 7.89. The number of rotatable bonds is 2. The van der Waals surface area contributed by atoms with Gasteiger partial charge in [0.15, 0.2) is 0 Å². The van der Waals surface area contributed by atoms with Gasteiger partial charge in [-0.15, -0.1) is 0 Å². The summed E-state index contributed by atoms with van der Waals surface area (Å²) in [6.45, 7) is 3.02. The molecule has 2 amide bonds. The molecule has 0 saturated carbocycles. The topological polar surface area (TPSA) is 96.5 Å². The van der Waals surface area contributed by atoms with Gasteiger partial charge in [0.25, 0.3) is 0 Å². The fourth-order valence-corrected chi connectivity index (χ4v) is 6.99. The Morgan fingerprint density at radius 3 is 2.66 bits per heavy atom. The average molecular weight is 542 g/mol. The van der Waals surface area contributed by atoms with E-state index in [1.54, 1.807) is 6.07 Å². The molecule has 9 nitrogen and oxygen atoms in total. The predicted octanol–water partition coefficient (Wildman–Crippen LogP) is 3.22. The summed E-state index contributed by atoms with van der Waals surface area (Å²) in [5.41, 5.74) is 1.61. The number of benzene rings is 2. The van der Waals surface area contributed by atoms with Crippen molar-refractivity contribution in [1.82, 2.24) is 9.21 Å². The number of nitrogens with zero attached hydrogens (tertiary/aromatic N) is 3. The van der Waals surface area contributed by atoms with Crippen molar-refractivity contribution in [3.63, 3.8) is 0 Å². The fraction of sp³-hybridized carbons (Fsp3) is 0.500. The van der Waals surface area contributed by atoms with Crippen LogP contribution in [0.2, 0.25) is 0 Å². The Morgan fingerprint density at radius 2 is 1.82 bits per heavy atom. The molecule has 3 aliphatic rings. The minimum atomic E-state index is -4.04. The van der Waals surface area contributed by atoms with Crippen molar-refractivity contribution in [3.05, 3.63) is 48.0 Å². The van der Waals surface area contributed by atoms with Gasteiger partial charge in [0.2, 0.25) is 21.8 Å². The van der Waals surface area contributed by atoms with Gasteiger partial charge in [-0.1, -0.05) is 12.1 Å². The quantitative estimate of drug-likeness (QED) is 0.579. The maximum atomic E-state index is 13.9. The fourth-order valence-electron chi connectivity index (χ4n) is 5.54. The second kappa shape index (κ2) is 11.3. The van der Waals surface area contributed by atoms with Crippen LogP contribution in [0.25, 0.3) is 0 Å². The smallest absolute Gasteiger partial charge is 0.243 e. The third kappa shape index (κ3) is 5.66. The van der Waals surface area contributed by atoms with Gasteiger partial charge < -0.3 is 19.3 Å². The highest BCUT2D eigenvalue weighted by Crippen LogP contribution is 2.35. The lowest BCUT2D eigenvalue weighted by Gasteiger charge is -2.37. The number of ether oxygens (including phenoxy) is 2. The summed E-state index contributed by atoms with van der Waals surface area (Å²) in [6.07, 6.45) is 4.98. The average Bonchev–Trinajstić information content (AvgIpc) is 2.92. The molecule has 1 unspecified atom stereocenters. The van der Waals surface area contributed by atoms with E-state index in [1.165, 1.54) is 33.8 Å². The second-order valence-corrected chi connectivity index (χ2v) is 12.1. The first kappa shape index (κ1) is 26.5. The zero-order chi connectivity index (χ0) is 26.7. The Balaban J connectivity index is 1.45. The van der Waals surface area contributed by atoms with Crippen LogP contribution in [0.4, 0.5) is 5.69 Å². The van der Waals surface area contributed by atoms with E-state index in [1.807, 2.05) is 23.1 Å². The van der Waals surface area contributed by atoms with E-state index < -0.39 is 10.0 Å². The predicted molar refractivity (Wildman–Crippen MR) is 143 cm³/mol. The van der Waals surface area contributed by atoms with Crippen molar-refractivity contribution in [1.29, 1.82) is 0 Å². The van der Waals surface area contributed by atoms with Crippen molar-refractivity contribution in [2.75, 3.05) is 44.3 Å². The molecular formula is C28H35N3O6S. The van der Waals surface area contributed by atoms with E-state index in [2.05, 4.69) is 6.07 Å². The van der Waals surface area contributed by atoms with Crippen LogP contribution in [-0.4, -0.2) is 74.9 Å². The maximum absolute atomic E-state index is 13.9. The lowest BCUT2D eigenvalue weighted by molar-refractivity contribution is -0.135. The monoisotopic (exact) mass is 541 g/mol. The van der Waals surface area contributed by atoms with Gasteiger partial charge in [0.1, 0.15) is 18.1 Å². The van der Waals surface area contributed by atoms with Gasteiger partial charge in [-0.05, 0) is 74.4 Å². The van der Waals surface area contributed by atoms with Crippen LogP contribution in [0.15, 0.2) is 47.4 Å². The largest absolute Gasteiger partial charge is 0.494 e. The van der Waals surface area contributed by atoms with Gasteiger partial charge >= 0.3 is 0 Å². The van der Waals surface area contributed by atoms with Crippen molar-refractivity contribution in [2.45, 2.75) is 56.4 Å². The van der Waals surface area contributed by atoms with E-state index in [0.29, 0.717) is 44.2 Å². The van der Waals surface area contributed by atoms with E-state index >= 15 is 0 Å². The Hall–Kier alpha value is -3.11. The summed E-state index contributed by atoms with van der Waals surface area (Å²) in [5, 5.41) is 0. The summed E-state index contributed by atoms with van der Waals surface area (Å²) in [5.74, 6) is 0.880. The standard InChI is InChI=1S/C28H35N3O6S/c1-21(32)30-15-17-37-27-12-11-25(19-26(27)30)38(34,35)29-13-5-16-36-24-8-4-6-22(18-24)9-10-23-7-2-3-14-31(23)28(33)20-29/h4,6,8,11-12,18-19,23H,2-3,5,7,9-10,13-17,20H2,1H3. The molecule has 5 rings (SSSR count). The molecule has 1 atom stereocenters. The molecule has 1 saturated heterocycles. The summed E-state index contributed by atoms with van der Waals surface area (Å²) in [6, 6.07) is 12.6. The molecule has 10 heteroatoms. The Bertz CT molecular complexity index is 1300. The Labute approximate surface area is 224 Å². The molecule has 38 heavy (non-hydrogen) atoms. The first-order valence-corrected chi connectivity index (χ1v) is 14.8. The normalized spacial score (nSPS) is 21.4. The number of sulfonamides is 1. The molecule has 204 valence electrons. The lowest BCUT2D eigenvalue weighted by atomic mass is 9.95. The van der Waals surface area contributed by atoms with Crippen LogP contribution in [-0.2, 0) is 26.0 Å². The summed E-state index contributed by atoms with van der Waals surface area (Å²) >= 11 is 0. The van der Waals surface area contributed by atoms with Crippen LogP contribution in [0.5, 0.6) is 11.5 Å². The third-order valence-corrected chi connectivity index (χ3v) is 9.40. The first-order chi connectivity index (χ1) is 18.3. The maximum Gasteiger partial charge on any atom is 0.243 e. The first-order valence-electron chi connectivity index (χ1n) is 13.4. The van der Waals surface area contributed by atoms with Crippen LogP contribution in [0.3, 0.4) is 0 Å². The molecule has 0 radical (unpaired) electrons. The molecule has 2 bridgehead atoms. The molecular weight excluding hydrogens is 506 g/mol. The molecule has 3 heterocycles. The number of anilines is 1. The molecule has 1 fully saturated rings. The van der Waals surface area contributed by atoms with E-state index in [4.69, 9.17) is 9.47 Å². The van der Waals surface area contributed by atoms with Crippen molar-refractivity contribution in [2.24, 2.45) is 0 Å². The third-order valence-electron chi connectivity index (χ3n) is 7.56. The van der Waals surface area contributed by atoms with E-state index in [-0.39, 0.29) is 35.8 Å². The number of hydrogen-bond donors (Lipinski definition) is 0. The molecule has 0 aliphatic carbocycles. The molecule has 2 aromatic carbocycles. The number of piperidine rings is 1. The highest BCUT2D eigenvalue weighted by Gasteiger charge is 2.33. The lowest BCUT2D eigenvalue weighted by Crippen LogP contribution is -2.49. The molecule has 0 aromatic heterocycles.